The summed E-state index contributed by atoms with van der Waals surface area (Å²) in [6.45, 7) is 0. The normalized spacial score (nSPS) is 19.0. The molecule has 0 amide bonds. The quantitative estimate of drug-likeness (QED) is 0.597. The van der Waals surface area contributed by atoms with Gasteiger partial charge in [-0.05, 0) is 26.2 Å². The minimum Gasteiger partial charge on any atom is -0.295 e. The lowest BCUT2D eigenvalue weighted by atomic mass is 10.2. The van der Waals surface area contributed by atoms with E-state index in [2.05, 4.69) is 21.0 Å². The summed E-state index contributed by atoms with van der Waals surface area (Å²) in [5.41, 5.74) is 0. The number of hydrogen-bond donors (Lipinski definition) is 0. The third kappa shape index (κ3) is 1.85. The summed E-state index contributed by atoms with van der Waals surface area (Å²) in [7, 11) is 4.04. The van der Waals surface area contributed by atoms with Gasteiger partial charge in [0.2, 0.25) is 0 Å². The van der Waals surface area contributed by atoms with Crippen LogP contribution in [0.3, 0.4) is 0 Å². The molecule has 0 saturated heterocycles. The highest BCUT2D eigenvalue weighted by Crippen LogP contribution is 2.15. The van der Waals surface area contributed by atoms with Crippen molar-refractivity contribution in [2.45, 2.75) is 0 Å². The Hall–Kier alpha value is -0.280. The second-order valence-corrected chi connectivity index (χ2v) is 3.11. The van der Waals surface area contributed by atoms with Crippen LogP contribution in [0.25, 0.3) is 0 Å². The lowest BCUT2D eigenvalue weighted by Gasteiger charge is -2.20. The summed E-state index contributed by atoms with van der Waals surface area (Å²) in [6, 6.07) is 1.20. The van der Waals surface area contributed by atoms with Gasteiger partial charge in [-0.2, -0.15) is 0 Å². The van der Waals surface area contributed by atoms with Crippen LogP contribution in [0.5, 0.6) is 0 Å². The minimum atomic E-state index is 1.20. The fraction of sp³-hybridized carbons (Fsp3) is 0.286. The molecule has 0 atom stereocenters. The van der Waals surface area contributed by atoms with Crippen LogP contribution in [0.1, 0.15) is 0 Å². The van der Waals surface area contributed by atoms with E-state index in [-0.39, 0.29) is 0 Å². The van der Waals surface area contributed by atoms with Crippen LogP contribution in [0, 0.1) is 6.04 Å². The van der Waals surface area contributed by atoms with Crippen molar-refractivity contribution >= 4 is 16.1 Å². The summed E-state index contributed by atoms with van der Waals surface area (Å²) in [4.78, 5) is 2.06. The van der Waals surface area contributed by atoms with Crippen LogP contribution in [-0.4, -0.2) is 22.9 Å². The van der Waals surface area contributed by atoms with Gasteiger partial charge in [0.25, 0.3) is 0 Å². The van der Waals surface area contributed by atoms with E-state index in [0.717, 1.165) is 0 Å². The van der Waals surface area contributed by atoms with Gasteiger partial charge in [0.15, 0.2) is 0 Å². The molecule has 0 N–H and O–H groups in total. The van der Waals surface area contributed by atoms with E-state index in [1.165, 1.54) is 6.04 Å². The van der Waals surface area contributed by atoms with Crippen LogP contribution in [0.4, 0.5) is 0 Å². The molecule has 0 aromatic heterocycles. The van der Waals surface area contributed by atoms with Crippen molar-refractivity contribution in [2.24, 2.45) is 0 Å². The van der Waals surface area contributed by atoms with Crippen LogP contribution in [-0.2, 0) is 0 Å². The number of halogens is 1. The van der Waals surface area contributed by atoms with Crippen LogP contribution in [0.2, 0.25) is 0 Å². The van der Waals surface area contributed by atoms with Gasteiger partial charge in [0.1, 0.15) is 0 Å². The van der Waals surface area contributed by atoms with Crippen LogP contribution in [0.15, 0.2) is 24.6 Å². The second-order valence-electron chi connectivity index (χ2n) is 2.30. The Morgan fingerprint density at radius 2 is 1.80 bits per heavy atom. The van der Waals surface area contributed by atoms with Crippen molar-refractivity contribution < 1.29 is 0 Å². The molecule has 0 saturated carbocycles. The fourth-order valence-electron chi connectivity index (χ4n) is 0.699. The maximum Gasteiger partial charge on any atom is 0.0866 e. The van der Waals surface area contributed by atoms with Crippen molar-refractivity contribution in [1.29, 1.82) is 0 Å². The van der Waals surface area contributed by atoms with E-state index in [1.807, 2.05) is 42.6 Å². The average Bonchev–Trinajstić information content (AvgIpc) is 1.88. The van der Waals surface area contributed by atoms with Crippen molar-refractivity contribution in [3.05, 3.63) is 30.6 Å². The Labute approximate surface area is 70.1 Å². The molecule has 55 valence electrons. The smallest absolute Gasteiger partial charge is 0.0866 e. The highest BCUT2D eigenvalue weighted by Gasteiger charge is 2.07. The molecule has 0 aliphatic carbocycles. The first-order valence-corrected chi connectivity index (χ1v) is 3.76. The predicted molar refractivity (Wildman–Crippen MR) is 46.0 cm³/mol. The molecule has 1 aliphatic rings. The Kier molecular flexibility index (Phi) is 2.51. The molecular weight excluding hydrogens is 192 g/mol. The number of rotatable bonds is 1. The number of likely N-dealkylation sites (N-methyl/N-ethyl adjacent to an activating group) is 1. The first kappa shape index (κ1) is 7.82. The molecule has 1 rings (SSSR count). The van der Waals surface area contributed by atoms with Crippen LogP contribution >= 0.6 is 16.1 Å². The van der Waals surface area contributed by atoms with E-state index in [9.17, 15) is 0 Å². The highest BCUT2D eigenvalue weighted by atomic mass is 79.9. The molecule has 0 fully saturated rings. The first-order valence-electron chi connectivity index (χ1n) is 3.05. The van der Waals surface area contributed by atoms with E-state index >= 15 is 0 Å². The zero-order chi connectivity index (χ0) is 7.56. The molecule has 0 aromatic rings. The molecule has 10 heavy (non-hydrogen) atoms. The molecule has 0 unspecified atom stereocenters. The standard InChI is InChI=1S/C7H10BrN2/c1-9(2)7-3-5-10(8)6-4-7/h3-6H,1-2H3. The van der Waals surface area contributed by atoms with E-state index in [0.29, 0.717) is 0 Å². The molecule has 1 radical (unpaired) electrons. The molecule has 3 heteroatoms. The van der Waals surface area contributed by atoms with Crippen LogP contribution < -0.4 is 0 Å². The molecule has 2 nitrogen and oxygen atoms in total. The van der Waals surface area contributed by atoms with Gasteiger partial charge in [0.05, 0.1) is 22.2 Å². The highest BCUT2D eigenvalue weighted by molar-refractivity contribution is 9.07. The Balaban J connectivity index is 2.54. The lowest BCUT2D eigenvalue weighted by Crippen LogP contribution is -2.18. The van der Waals surface area contributed by atoms with Crippen molar-refractivity contribution in [1.82, 2.24) is 8.83 Å². The van der Waals surface area contributed by atoms with Gasteiger partial charge < -0.3 is 0 Å². The van der Waals surface area contributed by atoms with Gasteiger partial charge in [-0.1, -0.05) is 0 Å². The van der Waals surface area contributed by atoms with Gasteiger partial charge in [0, 0.05) is 12.4 Å². The van der Waals surface area contributed by atoms with Gasteiger partial charge in [-0.25, -0.2) is 0 Å². The zero-order valence-corrected chi connectivity index (χ0v) is 7.67. The van der Waals surface area contributed by atoms with Crippen molar-refractivity contribution in [2.75, 3.05) is 14.1 Å². The molecule has 1 aliphatic heterocycles. The second kappa shape index (κ2) is 3.21. The summed E-state index contributed by atoms with van der Waals surface area (Å²) in [6.07, 6.45) is 7.98. The molecule has 0 spiro atoms. The van der Waals surface area contributed by atoms with Crippen molar-refractivity contribution in [3.63, 3.8) is 0 Å². The minimum absolute atomic E-state index is 1.20. The fourth-order valence-corrected chi connectivity index (χ4v) is 0.935. The van der Waals surface area contributed by atoms with E-state index in [4.69, 9.17) is 0 Å². The van der Waals surface area contributed by atoms with E-state index in [1.54, 1.807) is 0 Å². The monoisotopic (exact) mass is 201 g/mol. The Bertz CT molecular complexity index is 149. The molecule has 1 heterocycles. The molecule has 0 aromatic carbocycles. The average molecular weight is 202 g/mol. The summed E-state index contributed by atoms with van der Waals surface area (Å²) >= 11 is 3.29. The predicted octanol–water partition coefficient (Wildman–Crippen LogP) is 1.73. The SMILES string of the molecule is CN(C)[C]1C=CN(Br)C=C1. The largest absolute Gasteiger partial charge is 0.295 e. The van der Waals surface area contributed by atoms with Gasteiger partial charge >= 0.3 is 0 Å². The Morgan fingerprint density at radius 3 is 2.20 bits per heavy atom. The molecular formula is C7H10BrN2. The maximum atomic E-state index is 3.29. The summed E-state index contributed by atoms with van der Waals surface area (Å²) < 4.78 is 1.83. The third-order valence-electron chi connectivity index (χ3n) is 1.29. The molecule has 0 bridgehead atoms. The summed E-state index contributed by atoms with van der Waals surface area (Å²) in [5, 5.41) is 0. The topological polar surface area (TPSA) is 6.48 Å². The summed E-state index contributed by atoms with van der Waals surface area (Å²) in [5.74, 6) is 0. The Morgan fingerprint density at radius 1 is 1.30 bits per heavy atom. The third-order valence-corrected chi connectivity index (χ3v) is 1.76. The number of nitrogens with zero attached hydrogens (tertiary/aromatic N) is 2. The lowest BCUT2D eigenvalue weighted by molar-refractivity contribution is 0.471. The van der Waals surface area contributed by atoms with E-state index < -0.39 is 0 Å². The number of hydrogen-bond acceptors (Lipinski definition) is 2. The zero-order valence-electron chi connectivity index (χ0n) is 6.08. The van der Waals surface area contributed by atoms with Crippen molar-refractivity contribution in [3.8, 4) is 0 Å². The van der Waals surface area contributed by atoms with Gasteiger partial charge in [-0.15, -0.1) is 0 Å². The maximum absolute atomic E-state index is 3.29. The first-order chi connectivity index (χ1) is 4.70. The van der Waals surface area contributed by atoms with Gasteiger partial charge in [-0.3, -0.25) is 8.83 Å².